The SMILES string of the molecule is O=C(O)C1CSc2c(C3CC3)c(CSc3nnc(-c4ccco4)o3)cc(=O)n21. The number of aromatic nitrogens is 3. The molecular formula is C18H15N3O5S2. The zero-order chi connectivity index (χ0) is 19.3. The van der Waals surface area contributed by atoms with Crippen LogP contribution in [-0.4, -0.2) is 31.6 Å². The summed E-state index contributed by atoms with van der Waals surface area (Å²) < 4.78 is 12.3. The second kappa shape index (κ2) is 6.85. The van der Waals surface area contributed by atoms with Gasteiger partial charge in [-0.25, -0.2) is 4.79 Å². The van der Waals surface area contributed by atoms with Crippen LogP contribution in [0.15, 0.2) is 48.3 Å². The van der Waals surface area contributed by atoms with Gasteiger partial charge in [0.15, 0.2) is 5.76 Å². The molecule has 10 heteroatoms. The highest BCUT2D eigenvalue weighted by Gasteiger charge is 2.37. The maximum atomic E-state index is 12.6. The van der Waals surface area contributed by atoms with Crippen molar-refractivity contribution in [1.29, 1.82) is 0 Å². The maximum absolute atomic E-state index is 12.6. The Balaban J connectivity index is 1.44. The number of thioether (sulfide) groups is 2. The number of carboxylic acid groups (broad SMARTS) is 1. The lowest BCUT2D eigenvalue weighted by Crippen LogP contribution is -2.29. The molecule has 1 saturated carbocycles. The lowest BCUT2D eigenvalue weighted by Gasteiger charge is -2.15. The Morgan fingerprint density at radius 2 is 2.25 bits per heavy atom. The average molecular weight is 417 g/mol. The fraction of sp³-hybridized carbons (Fsp3) is 0.333. The zero-order valence-corrected chi connectivity index (χ0v) is 16.2. The monoisotopic (exact) mass is 417 g/mol. The second-order valence-corrected chi connectivity index (χ2v) is 8.61. The van der Waals surface area contributed by atoms with Crippen molar-refractivity contribution in [3.8, 4) is 11.7 Å². The predicted octanol–water partition coefficient (Wildman–Crippen LogP) is 3.39. The molecule has 3 aromatic rings. The number of hydrogen-bond donors (Lipinski definition) is 1. The number of carboxylic acids is 1. The molecule has 1 aliphatic carbocycles. The van der Waals surface area contributed by atoms with E-state index in [4.69, 9.17) is 8.83 Å². The van der Waals surface area contributed by atoms with Gasteiger partial charge in [-0.05, 0) is 42.0 Å². The summed E-state index contributed by atoms with van der Waals surface area (Å²) in [5.41, 5.74) is 1.75. The molecule has 1 unspecified atom stereocenters. The molecule has 0 saturated heterocycles. The van der Waals surface area contributed by atoms with E-state index in [1.807, 2.05) is 0 Å². The Labute approximate surface area is 167 Å². The smallest absolute Gasteiger partial charge is 0.327 e. The molecule has 0 amide bonds. The Hall–Kier alpha value is -2.46. The van der Waals surface area contributed by atoms with Crippen LogP contribution in [0, 0.1) is 0 Å². The highest BCUT2D eigenvalue weighted by atomic mass is 32.2. The molecule has 0 bridgehead atoms. The minimum absolute atomic E-state index is 0.269. The summed E-state index contributed by atoms with van der Waals surface area (Å²) in [4.78, 5) is 24.1. The number of nitrogens with zero attached hydrogens (tertiary/aromatic N) is 3. The van der Waals surface area contributed by atoms with Crippen LogP contribution >= 0.6 is 23.5 Å². The number of fused-ring (bicyclic) bond motifs is 1. The summed E-state index contributed by atoms with van der Waals surface area (Å²) in [6.45, 7) is 0. The van der Waals surface area contributed by atoms with Crippen LogP contribution in [0.5, 0.6) is 0 Å². The van der Waals surface area contributed by atoms with Gasteiger partial charge >= 0.3 is 5.97 Å². The maximum Gasteiger partial charge on any atom is 0.327 e. The third kappa shape index (κ3) is 3.06. The number of furan rings is 1. The number of pyridine rings is 1. The molecule has 0 aromatic carbocycles. The molecule has 5 rings (SSSR count). The van der Waals surface area contributed by atoms with Crippen LogP contribution in [-0.2, 0) is 10.5 Å². The minimum Gasteiger partial charge on any atom is -0.480 e. The summed E-state index contributed by atoms with van der Waals surface area (Å²) in [5, 5.41) is 18.6. The number of hydrogen-bond acceptors (Lipinski definition) is 8. The molecule has 4 heterocycles. The van der Waals surface area contributed by atoms with Crippen LogP contribution < -0.4 is 5.56 Å². The molecule has 0 radical (unpaired) electrons. The van der Waals surface area contributed by atoms with E-state index in [2.05, 4.69) is 10.2 Å². The molecule has 1 fully saturated rings. The van der Waals surface area contributed by atoms with Crippen molar-refractivity contribution in [2.24, 2.45) is 0 Å². The van der Waals surface area contributed by atoms with Crippen LogP contribution in [0.3, 0.4) is 0 Å². The first-order chi connectivity index (χ1) is 13.6. The third-order valence-corrected chi connectivity index (χ3v) is 6.82. The van der Waals surface area contributed by atoms with Crippen molar-refractivity contribution in [2.45, 2.75) is 40.8 Å². The van der Waals surface area contributed by atoms with Crippen LogP contribution in [0.1, 0.15) is 35.9 Å². The van der Waals surface area contributed by atoms with Crippen molar-refractivity contribution in [3.63, 3.8) is 0 Å². The van der Waals surface area contributed by atoms with Gasteiger partial charge in [-0.3, -0.25) is 9.36 Å². The Bertz CT molecular complexity index is 1100. The molecule has 0 spiro atoms. The van der Waals surface area contributed by atoms with Crippen LogP contribution in [0.25, 0.3) is 11.7 Å². The first-order valence-electron chi connectivity index (χ1n) is 8.76. The predicted molar refractivity (Wildman–Crippen MR) is 102 cm³/mol. The topological polar surface area (TPSA) is 111 Å². The van der Waals surface area contributed by atoms with Crippen LogP contribution in [0.2, 0.25) is 0 Å². The average Bonchev–Trinajstić information content (AvgIpc) is 3.08. The van der Waals surface area contributed by atoms with Crippen molar-refractivity contribution >= 4 is 29.5 Å². The summed E-state index contributed by atoms with van der Waals surface area (Å²) in [6.07, 6.45) is 3.66. The molecule has 1 atom stereocenters. The number of rotatable bonds is 6. The molecule has 28 heavy (non-hydrogen) atoms. The second-order valence-electron chi connectivity index (χ2n) is 6.68. The summed E-state index contributed by atoms with van der Waals surface area (Å²) in [6, 6.07) is 4.26. The highest BCUT2D eigenvalue weighted by Crippen LogP contribution is 2.49. The van der Waals surface area contributed by atoms with Gasteiger partial charge in [0.2, 0.25) is 0 Å². The third-order valence-electron chi connectivity index (χ3n) is 4.78. The molecule has 144 valence electrons. The summed E-state index contributed by atoms with van der Waals surface area (Å²) in [5.74, 6) is 1.13. The van der Waals surface area contributed by atoms with E-state index in [-0.39, 0.29) is 5.56 Å². The van der Waals surface area contributed by atoms with E-state index in [1.165, 1.54) is 34.4 Å². The highest BCUT2D eigenvalue weighted by molar-refractivity contribution is 7.99. The van der Waals surface area contributed by atoms with Gasteiger partial charge in [-0.2, -0.15) is 0 Å². The van der Waals surface area contributed by atoms with Gasteiger partial charge in [0, 0.05) is 17.6 Å². The van der Waals surface area contributed by atoms with Crippen molar-refractivity contribution in [3.05, 3.63) is 45.9 Å². The molecule has 3 aromatic heterocycles. The Morgan fingerprint density at radius 3 is 2.96 bits per heavy atom. The first kappa shape index (κ1) is 17.6. The normalized spacial score (nSPS) is 18.4. The van der Waals surface area contributed by atoms with Crippen molar-refractivity contribution < 1.29 is 18.7 Å². The lowest BCUT2D eigenvalue weighted by atomic mass is 10.1. The first-order valence-corrected chi connectivity index (χ1v) is 10.7. The largest absolute Gasteiger partial charge is 0.480 e. The van der Waals surface area contributed by atoms with E-state index in [9.17, 15) is 14.7 Å². The minimum atomic E-state index is -0.964. The molecule has 8 nitrogen and oxygen atoms in total. The lowest BCUT2D eigenvalue weighted by molar-refractivity contribution is -0.140. The Kier molecular flexibility index (Phi) is 4.31. The van der Waals surface area contributed by atoms with Gasteiger partial charge in [0.05, 0.1) is 11.3 Å². The quantitative estimate of drug-likeness (QED) is 0.603. The van der Waals surface area contributed by atoms with E-state index in [1.54, 1.807) is 18.2 Å². The summed E-state index contributed by atoms with van der Waals surface area (Å²) >= 11 is 2.82. The van der Waals surface area contributed by atoms with E-state index < -0.39 is 12.0 Å². The number of aliphatic carboxylic acids is 1. The van der Waals surface area contributed by atoms with Crippen LogP contribution in [0.4, 0.5) is 0 Å². The van der Waals surface area contributed by atoms with Gasteiger partial charge in [0.25, 0.3) is 16.7 Å². The van der Waals surface area contributed by atoms with E-state index in [0.717, 1.165) is 29.0 Å². The summed E-state index contributed by atoms with van der Waals surface area (Å²) in [7, 11) is 0. The van der Waals surface area contributed by atoms with E-state index in [0.29, 0.717) is 34.3 Å². The molecule has 2 aliphatic rings. The van der Waals surface area contributed by atoms with Crippen molar-refractivity contribution in [1.82, 2.24) is 14.8 Å². The van der Waals surface area contributed by atoms with E-state index >= 15 is 0 Å². The Morgan fingerprint density at radius 1 is 1.39 bits per heavy atom. The molecule has 1 aliphatic heterocycles. The molecular weight excluding hydrogens is 402 g/mol. The molecule has 1 N–H and O–H groups in total. The zero-order valence-electron chi connectivity index (χ0n) is 14.5. The van der Waals surface area contributed by atoms with Crippen molar-refractivity contribution in [2.75, 3.05) is 5.75 Å². The van der Waals surface area contributed by atoms with Gasteiger partial charge in [-0.1, -0.05) is 11.8 Å². The van der Waals surface area contributed by atoms with Gasteiger partial charge < -0.3 is 13.9 Å². The number of carbonyl (C=O) groups is 1. The van der Waals surface area contributed by atoms with Gasteiger partial charge in [0.1, 0.15) is 6.04 Å². The fourth-order valence-electron chi connectivity index (χ4n) is 3.36. The fourth-order valence-corrected chi connectivity index (χ4v) is 5.53. The standard InChI is InChI=1S/C18H15N3O5S2/c22-13-6-10(7-28-18-20-19-15(26-18)12-2-1-5-25-12)14(9-3-4-9)16-21(13)11(8-27-16)17(23)24/h1-2,5-6,9,11H,3-4,7-8H2,(H,23,24). The van der Waals surface area contributed by atoms with Gasteiger partial charge in [-0.15, -0.1) is 22.0 Å².